The van der Waals surface area contributed by atoms with Crippen molar-refractivity contribution in [3.8, 4) is 0 Å². The van der Waals surface area contributed by atoms with E-state index in [1.54, 1.807) is 0 Å². The molecule has 0 unspecified atom stereocenters. The third kappa shape index (κ3) is 6.48. The van der Waals surface area contributed by atoms with Crippen molar-refractivity contribution >= 4 is 23.2 Å². The maximum Gasteiger partial charge on any atom is 0.218 e. The summed E-state index contributed by atoms with van der Waals surface area (Å²) in [5, 5.41) is 3.69. The van der Waals surface area contributed by atoms with E-state index >= 15 is 0 Å². The summed E-state index contributed by atoms with van der Waals surface area (Å²) in [6.45, 7) is 1.01. The average Bonchev–Trinajstić information content (AvgIpc) is 3.85. The molecule has 49 heavy (non-hydrogen) atoms. The first-order chi connectivity index (χ1) is 24.3. The normalized spacial score (nSPS) is 16.9. The van der Waals surface area contributed by atoms with Crippen molar-refractivity contribution in [2.24, 2.45) is 9.98 Å². The monoisotopic (exact) mass is 639 g/mol. The van der Waals surface area contributed by atoms with Crippen LogP contribution in [0.25, 0.3) is 0 Å². The summed E-state index contributed by atoms with van der Waals surface area (Å²) in [5.74, 6) is 1.46. The van der Waals surface area contributed by atoms with E-state index in [0.717, 1.165) is 22.5 Å². The van der Waals surface area contributed by atoms with Crippen LogP contribution in [0.15, 0.2) is 180 Å². The van der Waals surface area contributed by atoms with E-state index in [2.05, 4.69) is 151 Å². The predicted molar refractivity (Wildman–Crippen MR) is 198 cm³/mol. The number of hydrogen-bond acceptors (Lipinski definition) is 5. The lowest BCUT2D eigenvalue weighted by Gasteiger charge is -2.21. The summed E-state index contributed by atoms with van der Waals surface area (Å²) in [6, 6.07) is 58.6. The number of para-hydroxylation sites is 2. The molecule has 0 bridgehead atoms. The van der Waals surface area contributed by atoms with E-state index in [0.29, 0.717) is 25.0 Å². The van der Waals surface area contributed by atoms with Crippen LogP contribution in [-0.2, 0) is 9.47 Å². The van der Waals surface area contributed by atoms with Crippen LogP contribution in [0.3, 0.4) is 0 Å². The maximum absolute atomic E-state index is 6.37. The largest absolute Gasteiger partial charge is 0.475 e. The van der Waals surface area contributed by atoms with Crippen LogP contribution in [0.1, 0.15) is 45.2 Å². The van der Waals surface area contributed by atoms with Crippen LogP contribution in [0.4, 0.5) is 11.4 Å². The lowest BCUT2D eigenvalue weighted by molar-refractivity contribution is 0.309. The summed E-state index contributed by atoms with van der Waals surface area (Å²) in [6.07, 6.45) is 0. The molecule has 0 amide bonds. The van der Waals surface area contributed by atoms with Gasteiger partial charge in [-0.15, -0.1) is 0 Å². The van der Waals surface area contributed by atoms with Gasteiger partial charge in [-0.2, -0.15) is 0 Å². The molecule has 0 aliphatic carbocycles. The van der Waals surface area contributed by atoms with Crippen molar-refractivity contribution in [2.45, 2.75) is 23.9 Å². The van der Waals surface area contributed by atoms with Crippen LogP contribution in [-0.4, -0.2) is 37.1 Å². The van der Waals surface area contributed by atoms with Crippen molar-refractivity contribution in [3.05, 3.63) is 203 Å². The van der Waals surface area contributed by atoms with Crippen LogP contribution >= 0.6 is 0 Å². The SMILES string of the molecule is c1ccc(C(c2ccccc2)[C@H]2COC(c3ccccc3Nc3ccccc3C3=N[C@@H](C(c4ccccc4)c4ccccc4)CO3)=N2)cc1. The molecule has 6 aromatic carbocycles. The Bertz CT molecular complexity index is 1830. The van der Waals surface area contributed by atoms with Gasteiger partial charge in [0.15, 0.2) is 0 Å². The van der Waals surface area contributed by atoms with Gasteiger partial charge in [0, 0.05) is 11.8 Å². The van der Waals surface area contributed by atoms with Crippen molar-refractivity contribution in [2.75, 3.05) is 18.5 Å². The molecule has 0 saturated heterocycles. The highest BCUT2D eigenvalue weighted by molar-refractivity contribution is 6.04. The lowest BCUT2D eigenvalue weighted by Crippen LogP contribution is -2.19. The Hall–Kier alpha value is -5.94. The molecule has 0 radical (unpaired) electrons. The van der Waals surface area contributed by atoms with Gasteiger partial charge in [0.2, 0.25) is 11.8 Å². The maximum atomic E-state index is 6.37. The molecule has 0 saturated carbocycles. The van der Waals surface area contributed by atoms with Gasteiger partial charge in [0.05, 0.1) is 34.6 Å². The molecule has 2 atom stereocenters. The zero-order valence-electron chi connectivity index (χ0n) is 27.1. The molecule has 2 heterocycles. The number of aliphatic imine (C=N–C) groups is 2. The summed E-state index contributed by atoms with van der Waals surface area (Å²) in [7, 11) is 0. The lowest BCUT2D eigenvalue weighted by atomic mass is 9.86. The Balaban J connectivity index is 1.09. The van der Waals surface area contributed by atoms with E-state index in [9.17, 15) is 0 Å². The summed E-state index contributed by atoms with van der Waals surface area (Å²) in [5.41, 5.74) is 8.56. The highest BCUT2D eigenvalue weighted by Crippen LogP contribution is 2.36. The molecular formula is C44H37N3O2. The Morgan fingerprint density at radius 3 is 1.06 bits per heavy atom. The van der Waals surface area contributed by atoms with Crippen molar-refractivity contribution in [1.82, 2.24) is 0 Å². The third-order valence-corrected chi connectivity index (χ3v) is 9.34. The van der Waals surface area contributed by atoms with Crippen molar-refractivity contribution < 1.29 is 9.47 Å². The number of nitrogens with zero attached hydrogens (tertiary/aromatic N) is 2. The molecule has 0 fully saturated rings. The molecule has 1 N–H and O–H groups in total. The third-order valence-electron chi connectivity index (χ3n) is 9.34. The van der Waals surface area contributed by atoms with Gasteiger partial charge in [-0.1, -0.05) is 146 Å². The van der Waals surface area contributed by atoms with E-state index < -0.39 is 0 Å². The Morgan fingerprint density at radius 1 is 0.408 bits per heavy atom. The number of hydrogen-bond donors (Lipinski definition) is 1. The van der Waals surface area contributed by atoms with Crippen LogP contribution in [0, 0.1) is 0 Å². The van der Waals surface area contributed by atoms with Gasteiger partial charge in [0.1, 0.15) is 13.2 Å². The first kappa shape index (κ1) is 30.4. The second-order valence-electron chi connectivity index (χ2n) is 12.4. The van der Waals surface area contributed by atoms with Gasteiger partial charge in [-0.25, -0.2) is 9.98 Å². The predicted octanol–water partition coefficient (Wildman–Crippen LogP) is 9.39. The van der Waals surface area contributed by atoms with E-state index in [-0.39, 0.29) is 23.9 Å². The number of ether oxygens (including phenoxy) is 2. The molecule has 2 aliphatic rings. The second-order valence-corrected chi connectivity index (χ2v) is 12.4. The molecule has 0 aromatic heterocycles. The molecule has 0 spiro atoms. The van der Waals surface area contributed by atoms with E-state index in [4.69, 9.17) is 19.5 Å². The Labute approximate surface area is 287 Å². The molecular weight excluding hydrogens is 603 g/mol. The van der Waals surface area contributed by atoms with Crippen LogP contribution in [0.2, 0.25) is 0 Å². The minimum Gasteiger partial charge on any atom is -0.475 e. The highest BCUT2D eigenvalue weighted by atomic mass is 16.5. The fourth-order valence-electron chi connectivity index (χ4n) is 7.03. The molecule has 2 aliphatic heterocycles. The molecule has 240 valence electrons. The standard InChI is InChI=1S/C44H37N3O2/c1-5-17-31(18-6-1)41(32-19-7-2-8-20-32)39-29-48-43(46-39)35-25-13-15-27-37(35)45-38-28-16-14-26-36(38)44-47-40(30-49-44)42(33-21-9-3-10-22-33)34-23-11-4-12-24-34/h1-28,39-42,45H,29-30H2/t39-,40-/m1/s1. The molecule has 8 rings (SSSR count). The number of nitrogens with one attached hydrogen (secondary N) is 1. The fraction of sp³-hybridized carbons (Fsp3) is 0.136. The van der Waals surface area contributed by atoms with Gasteiger partial charge in [-0.3, -0.25) is 0 Å². The zero-order chi connectivity index (χ0) is 32.8. The smallest absolute Gasteiger partial charge is 0.218 e. The van der Waals surface area contributed by atoms with Gasteiger partial charge in [0.25, 0.3) is 0 Å². The zero-order valence-corrected chi connectivity index (χ0v) is 27.1. The van der Waals surface area contributed by atoms with Crippen molar-refractivity contribution in [1.29, 1.82) is 0 Å². The Kier molecular flexibility index (Phi) is 8.71. The summed E-state index contributed by atoms with van der Waals surface area (Å²) in [4.78, 5) is 10.4. The topological polar surface area (TPSA) is 55.2 Å². The minimum absolute atomic E-state index is 0.0551. The first-order valence-electron chi connectivity index (χ1n) is 16.9. The van der Waals surface area contributed by atoms with Crippen LogP contribution in [0.5, 0.6) is 0 Å². The number of rotatable bonds is 10. The van der Waals surface area contributed by atoms with Gasteiger partial charge < -0.3 is 14.8 Å². The highest BCUT2D eigenvalue weighted by Gasteiger charge is 2.33. The average molecular weight is 640 g/mol. The van der Waals surface area contributed by atoms with Gasteiger partial charge >= 0.3 is 0 Å². The Morgan fingerprint density at radius 2 is 0.714 bits per heavy atom. The summed E-state index contributed by atoms with van der Waals surface area (Å²) < 4.78 is 12.7. The second kappa shape index (κ2) is 14.0. The van der Waals surface area contributed by atoms with Crippen molar-refractivity contribution in [3.63, 3.8) is 0 Å². The number of benzene rings is 6. The summed E-state index contributed by atoms with van der Waals surface area (Å²) >= 11 is 0. The minimum atomic E-state index is -0.0551. The van der Waals surface area contributed by atoms with Gasteiger partial charge in [-0.05, 0) is 46.5 Å². The molecule has 5 heteroatoms. The fourth-order valence-corrected chi connectivity index (χ4v) is 7.03. The van der Waals surface area contributed by atoms with Crippen LogP contribution < -0.4 is 5.32 Å². The van der Waals surface area contributed by atoms with E-state index in [1.165, 1.54) is 22.3 Å². The number of anilines is 2. The first-order valence-corrected chi connectivity index (χ1v) is 16.9. The quantitative estimate of drug-likeness (QED) is 0.163. The molecule has 6 aromatic rings. The van der Waals surface area contributed by atoms with E-state index in [1.807, 2.05) is 24.3 Å². The molecule has 5 nitrogen and oxygen atoms in total.